The number of hydrogen-bond donors (Lipinski definition) is 0. The van der Waals surface area contributed by atoms with Gasteiger partial charge in [0.15, 0.2) is 0 Å². The number of rotatable bonds is 2. The predicted molar refractivity (Wildman–Crippen MR) is 70.1 cm³/mol. The Labute approximate surface area is 116 Å². The van der Waals surface area contributed by atoms with Gasteiger partial charge in [0.2, 0.25) is 0 Å². The molecule has 1 aromatic carbocycles. The molecule has 20 heavy (non-hydrogen) atoms. The molecule has 1 heterocycles. The van der Waals surface area contributed by atoms with Gasteiger partial charge in [0.05, 0.1) is 5.25 Å². The predicted octanol–water partition coefficient (Wildman–Crippen LogP) is 1.61. The fraction of sp³-hybridized carbons (Fsp3) is 0.462. The Kier molecular flexibility index (Phi) is 4.08. The lowest BCUT2D eigenvalue weighted by molar-refractivity contribution is 0.0716. The number of nitrogens with zero attached hydrogens (tertiary/aromatic N) is 1. The van der Waals surface area contributed by atoms with E-state index in [-0.39, 0.29) is 13.1 Å². The third-order valence-electron chi connectivity index (χ3n) is 3.51. The Morgan fingerprint density at radius 2 is 1.70 bits per heavy atom. The Hall–Kier alpha value is -1.50. The average molecular weight is 303 g/mol. The van der Waals surface area contributed by atoms with Gasteiger partial charge < -0.3 is 4.90 Å². The van der Waals surface area contributed by atoms with E-state index in [4.69, 9.17) is 0 Å². The Bertz CT molecular complexity index is 602. The van der Waals surface area contributed by atoms with Crippen LogP contribution in [-0.2, 0) is 9.84 Å². The molecule has 0 aromatic heterocycles. The summed E-state index contributed by atoms with van der Waals surface area (Å²) < 4.78 is 49.9. The number of benzene rings is 1. The smallest absolute Gasteiger partial charge is 0.259 e. The molecule has 1 amide bonds. The highest BCUT2D eigenvalue weighted by atomic mass is 32.2. The van der Waals surface area contributed by atoms with Crippen molar-refractivity contribution in [3.63, 3.8) is 0 Å². The van der Waals surface area contributed by atoms with E-state index < -0.39 is 38.2 Å². The molecule has 1 aliphatic heterocycles. The molecule has 1 aromatic rings. The van der Waals surface area contributed by atoms with Crippen molar-refractivity contribution < 1.29 is 22.0 Å². The van der Waals surface area contributed by atoms with Crippen molar-refractivity contribution in [1.29, 1.82) is 0 Å². The highest BCUT2D eigenvalue weighted by Crippen LogP contribution is 2.21. The van der Waals surface area contributed by atoms with Gasteiger partial charge >= 0.3 is 0 Å². The summed E-state index contributed by atoms with van der Waals surface area (Å²) in [6.07, 6.45) is 1.74. The van der Waals surface area contributed by atoms with Gasteiger partial charge in [-0.3, -0.25) is 4.79 Å². The zero-order valence-corrected chi connectivity index (χ0v) is 11.8. The lowest BCUT2D eigenvalue weighted by Gasteiger charge is -2.31. The second kappa shape index (κ2) is 5.47. The first-order valence-electron chi connectivity index (χ1n) is 6.23. The van der Waals surface area contributed by atoms with Gasteiger partial charge in [-0.05, 0) is 25.0 Å². The second-order valence-corrected chi connectivity index (χ2v) is 7.24. The molecule has 0 atom stereocenters. The zero-order chi connectivity index (χ0) is 14.9. The van der Waals surface area contributed by atoms with Crippen LogP contribution in [0.2, 0.25) is 0 Å². The van der Waals surface area contributed by atoms with E-state index in [1.54, 1.807) is 0 Å². The standard InChI is InChI=1S/C13H15F2NO3S/c1-20(18,19)9-5-7-16(8-6-9)13(17)12-10(14)3-2-4-11(12)15/h2-4,9H,5-8H2,1H3. The van der Waals surface area contributed by atoms with Crippen molar-refractivity contribution in [3.8, 4) is 0 Å². The van der Waals surface area contributed by atoms with E-state index in [1.807, 2.05) is 0 Å². The van der Waals surface area contributed by atoms with E-state index in [0.717, 1.165) is 18.4 Å². The van der Waals surface area contributed by atoms with Crippen molar-refractivity contribution in [1.82, 2.24) is 4.90 Å². The molecule has 0 unspecified atom stereocenters. The third kappa shape index (κ3) is 2.98. The molecule has 0 aliphatic carbocycles. The molecule has 0 bridgehead atoms. The Balaban J connectivity index is 2.13. The van der Waals surface area contributed by atoms with Crippen LogP contribution in [0.3, 0.4) is 0 Å². The fourth-order valence-corrected chi connectivity index (χ4v) is 3.41. The second-order valence-electron chi connectivity index (χ2n) is 4.92. The highest BCUT2D eigenvalue weighted by Gasteiger charge is 2.31. The van der Waals surface area contributed by atoms with Crippen LogP contribution in [-0.4, -0.2) is 43.8 Å². The molecule has 0 radical (unpaired) electrons. The van der Waals surface area contributed by atoms with Gasteiger partial charge in [-0.2, -0.15) is 0 Å². The summed E-state index contributed by atoms with van der Waals surface area (Å²) in [4.78, 5) is 13.4. The molecule has 0 N–H and O–H groups in total. The van der Waals surface area contributed by atoms with Gasteiger partial charge in [-0.25, -0.2) is 17.2 Å². The largest absolute Gasteiger partial charge is 0.338 e. The summed E-state index contributed by atoms with van der Waals surface area (Å²) in [6.45, 7) is 0.370. The van der Waals surface area contributed by atoms with E-state index >= 15 is 0 Å². The topological polar surface area (TPSA) is 54.5 Å². The monoisotopic (exact) mass is 303 g/mol. The molecule has 110 valence electrons. The molecule has 1 saturated heterocycles. The number of hydrogen-bond acceptors (Lipinski definition) is 3. The molecule has 7 heteroatoms. The number of sulfone groups is 1. The van der Waals surface area contributed by atoms with Gasteiger partial charge in [-0.1, -0.05) is 6.07 Å². The van der Waals surface area contributed by atoms with Gasteiger partial charge in [-0.15, -0.1) is 0 Å². The quantitative estimate of drug-likeness (QED) is 0.834. The van der Waals surface area contributed by atoms with E-state index in [9.17, 15) is 22.0 Å². The molecule has 1 fully saturated rings. The molecule has 1 aliphatic rings. The molecule has 0 saturated carbocycles. The molecule has 2 rings (SSSR count). The lowest BCUT2D eigenvalue weighted by Crippen LogP contribution is -2.42. The van der Waals surface area contributed by atoms with E-state index in [1.165, 1.54) is 11.0 Å². The first kappa shape index (κ1) is 14.9. The number of amides is 1. The van der Waals surface area contributed by atoms with E-state index in [0.29, 0.717) is 12.8 Å². The minimum atomic E-state index is -3.14. The molecule has 4 nitrogen and oxygen atoms in total. The average Bonchev–Trinajstić information content (AvgIpc) is 2.37. The van der Waals surface area contributed by atoms with Crippen LogP contribution in [0.5, 0.6) is 0 Å². The lowest BCUT2D eigenvalue weighted by atomic mass is 10.1. The maximum atomic E-state index is 13.5. The first-order valence-corrected chi connectivity index (χ1v) is 8.18. The minimum absolute atomic E-state index is 0.185. The van der Waals surface area contributed by atoms with Gasteiger partial charge in [0, 0.05) is 19.3 Å². The summed E-state index contributed by atoms with van der Waals surface area (Å²) >= 11 is 0. The Morgan fingerprint density at radius 1 is 1.20 bits per heavy atom. The third-order valence-corrected chi connectivity index (χ3v) is 5.19. The molecular formula is C13H15F2NO3S. The SMILES string of the molecule is CS(=O)(=O)C1CCN(C(=O)c2c(F)cccc2F)CC1. The Morgan fingerprint density at radius 3 is 2.15 bits per heavy atom. The van der Waals surface area contributed by atoms with Crippen LogP contribution in [0, 0.1) is 11.6 Å². The van der Waals surface area contributed by atoms with Crippen LogP contribution >= 0.6 is 0 Å². The van der Waals surface area contributed by atoms with Crippen LogP contribution in [0.4, 0.5) is 8.78 Å². The van der Waals surface area contributed by atoms with Crippen molar-refractivity contribution >= 4 is 15.7 Å². The molecular weight excluding hydrogens is 288 g/mol. The number of carbonyl (C=O) groups excluding carboxylic acids is 1. The van der Waals surface area contributed by atoms with Crippen LogP contribution in [0.15, 0.2) is 18.2 Å². The number of carbonyl (C=O) groups is 1. The summed E-state index contributed by atoms with van der Waals surface area (Å²) in [7, 11) is -3.14. The van der Waals surface area contributed by atoms with Gasteiger partial charge in [0.25, 0.3) is 5.91 Å². The molecule has 0 spiro atoms. The van der Waals surface area contributed by atoms with Crippen LogP contribution in [0.25, 0.3) is 0 Å². The summed E-state index contributed by atoms with van der Waals surface area (Å²) in [5.74, 6) is -2.53. The maximum absolute atomic E-state index is 13.5. The minimum Gasteiger partial charge on any atom is -0.338 e. The first-order chi connectivity index (χ1) is 9.30. The number of halogens is 2. The summed E-state index contributed by atoms with van der Waals surface area (Å²) in [5.41, 5.74) is -0.578. The van der Waals surface area contributed by atoms with Crippen molar-refractivity contribution in [3.05, 3.63) is 35.4 Å². The van der Waals surface area contributed by atoms with Crippen LogP contribution in [0.1, 0.15) is 23.2 Å². The van der Waals surface area contributed by atoms with Crippen molar-refractivity contribution in [2.45, 2.75) is 18.1 Å². The van der Waals surface area contributed by atoms with Crippen molar-refractivity contribution in [2.75, 3.05) is 19.3 Å². The zero-order valence-electron chi connectivity index (χ0n) is 11.0. The highest BCUT2D eigenvalue weighted by molar-refractivity contribution is 7.91. The number of likely N-dealkylation sites (tertiary alicyclic amines) is 1. The number of piperidine rings is 1. The van der Waals surface area contributed by atoms with E-state index in [2.05, 4.69) is 0 Å². The normalized spacial score (nSPS) is 17.2. The summed E-state index contributed by atoms with van der Waals surface area (Å²) in [6, 6.07) is 3.25. The summed E-state index contributed by atoms with van der Waals surface area (Å²) in [5, 5.41) is -0.489. The van der Waals surface area contributed by atoms with Crippen LogP contribution < -0.4 is 0 Å². The fourth-order valence-electron chi connectivity index (χ4n) is 2.35. The van der Waals surface area contributed by atoms with Gasteiger partial charge in [0.1, 0.15) is 27.0 Å². The van der Waals surface area contributed by atoms with Crippen molar-refractivity contribution in [2.24, 2.45) is 0 Å². The maximum Gasteiger partial charge on any atom is 0.259 e.